The van der Waals surface area contributed by atoms with Crippen LogP contribution in [0.2, 0.25) is 0 Å². The van der Waals surface area contributed by atoms with Crippen LogP contribution in [-0.2, 0) is 4.79 Å². The molecule has 1 aromatic carbocycles. The van der Waals surface area contributed by atoms with Crippen molar-refractivity contribution in [3.63, 3.8) is 0 Å². The standard InChI is InChI=1S/C18H17BrN2O/c1-21-17-10-20-16-6-5-13(19)9-14(16)15(17)7-12(8-18(21)22)11-3-2-4-11/h5-7,9-11H,2-4,8H2,1H3. The molecule has 1 aliphatic carbocycles. The summed E-state index contributed by atoms with van der Waals surface area (Å²) in [6.45, 7) is 0. The van der Waals surface area contributed by atoms with Crippen molar-refractivity contribution in [3.8, 4) is 0 Å². The predicted molar refractivity (Wildman–Crippen MR) is 92.8 cm³/mol. The Labute approximate surface area is 138 Å². The van der Waals surface area contributed by atoms with Crippen molar-refractivity contribution in [2.45, 2.75) is 25.7 Å². The summed E-state index contributed by atoms with van der Waals surface area (Å²) in [5.74, 6) is 0.742. The number of halogens is 1. The summed E-state index contributed by atoms with van der Waals surface area (Å²) < 4.78 is 1.03. The van der Waals surface area contributed by atoms with Crippen molar-refractivity contribution in [2.75, 3.05) is 11.9 Å². The number of hydrogen-bond acceptors (Lipinski definition) is 2. The Morgan fingerprint density at radius 1 is 1.32 bits per heavy atom. The molecule has 0 spiro atoms. The number of aromatic nitrogens is 1. The number of pyridine rings is 1. The maximum atomic E-state index is 12.5. The van der Waals surface area contributed by atoms with Crippen molar-refractivity contribution < 1.29 is 4.79 Å². The molecule has 0 radical (unpaired) electrons. The van der Waals surface area contributed by atoms with Gasteiger partial charge in [0, 0.05) is 28.9 Å². The molecule has 0 N–H and O–H groups in total. The van der Waals surface area contributed by atoms with E-state index in [9.17, 15) is 4.79 Å². The second-order valence-corrected chi connectivity index (χ2v) is 7.11. The first-order valence-electron chi connectivity index (χ1n) is 7.69. The number of carbonyl (C=O) groups excluding carboxylic acids is 1. The maximum absolute atomic E-state index is 12.5. The molecule has 3 nitrogen and oxygen atoms in total. The van der Waals surface area contributed by atoms with Crippen LogP contribution in [0.1, 0.15) is 31.2 Å². The number of rotatable bonds is 1. The first kappa shape index (κ1) is 13.9. The van der Waals surface area contributed by atoms with Crippen LogP contribution in [0.15, 0.2) is 34.4 Å². The van der Waals surface area contributed by atoms with Crippen LogP contribution in [0.5, 0.6) is 0 Å². The minimum Gasteiger partial charge on any atom is -0.313 e. The lowest BCUT2D eigenvalue weighted by atomic mass is 9.78. The van der Waals surface area contributed by atoms with Gasteiger partial charge in [-0.05, 0) is 37.0 Å². The van der Waals surface area contributed by atoms with Crippen molar-refractivity contribution in [2.24, 2.45) is 5.92 Å². The third-order valence-electron chi connectivity index (χ3n) is 4.90. The highest BCUT2D eigenvalue weighted by atomic mass is 79.9. The summed E-state index contributed by atoms with van der Waals surface area (Å²) in [5.41, 5.74) is 4.29. The lowest BCUT2D eigenvalue weighted by Gasteiger charge is -2.27. The van der Waals surface area contributed by atoms with E-state index in [1.807, 2.05) is 25.4 Å². The molecule has 0 saturated heterocycles. The van der Waals surface area contributed by atoms with Crippen LogP contribution in [0.3, 0.4) is 0 Å². The second kappa shape index (κ2) is 5.20. The molecular formula is C18H17BrN2O. The van der Waals surface area contributed by atoms with E-state index in [0.717, 1.165) is 26.6 Å². The van der Waals surface area contributed by atoms with Crippen molar-refractivity contribution >= 4 is 44.5 Å². The molecule has 22 heavy (non-hydrogen) atoms. The number of carbonyl (C=O) groups is 1. The van der Waals surface area contributed by atoms with E-state index in [2.05, 4.69) is 33.1 Å². The molecule has 1 fully saturated rings. The van der Waals surface area contributed by atoms with Crippen molar-refractivity contribution in [3.05, 3.63) is 40.0 Å². The zero-order chi connectivity index (χ0) is 15.3. The quantitative estimate of drug-likeness (QED) is 0.750. The van der Waals surface area contributed by atoms with Gasteiger partial charge in [0.1, 0.15) is 0 Å². The van der Waals surface area contributed by atoms with Gasteiger partial charge in [-0.25, -0.2) is 0 Å². The summed E-state index contributed by atoms with van der Waals surface area (Å²) in [6, 6.07) is 6.12. The molecule has 112 valence electrons. The zero-order valence-corrected chi connectivity index (χ0v) is 14.1. The maximum Gasteiger partial charge on any atom is 0.230 e. The van der Waals surface area contributed by atoms with E-state index in [4.69, 9.17) is 0 Å². The summed E-state index contributed by atoms with van der Waals surface area (Å²) in [5, 5.41) is 1.10. The molecule has 2 heterocycles. The molecular weight excluding hydrogens is 340 g/mol. The Balaban J connectivity index is 1.98. The van der Waals surface area contributed by atoms with E-state index in [-0.39, 0.29) is 5.91 Å². The Morgan fingerprint density at radius 3 is 2.86 bits per heavy atom. The van der Waals surface area contributed by atoms with Gasteiger partial charge < -0.3 is 4.90 Å². The molecule has 1 aromatic heterocycles. The minimum absolute atomic E-state index is 0.160. The molecule has 0 atom stereocenters. The normalized spacial score (nSPS) is 18.7. The molecule has 4 rings (SSSR count). The highest BCUT2D eigenvalue weighted by Gasteiger charge is 2.28. The summed E-state index contributed by atoms with van der Waals surface area (Å²) in [4.78, 5) is 18.8. The fourth-order valence-corrected chi connectivity index (χ4v) is 3.66. The van der Waals surface area contributed by atoms with Crippen molar-refractivity contribution in [1.82, 2.24) is 4.98 Å². The predicted octanol–water partition coefficient (Wildman–Crippen LogP) is 4.55. The van der Waals surface area contributed by atoms with Crippen LogP contribution in [0, 0.1) is 5.92 Å². The largest absolute Gasteiger partial charge is 0.313 e. The van der Waals surface area contributed by atoms with Crippen LogP contribution < -0.4 is 4.90 Å². The van der Waals surface area contributed by atoms with E-state index < -0.39 is 0 Å². The van der Waals surface area contributed by atoms with Gasteiger partial charge in [0.15, 0.2) is 0 Å². The molecule has 2 aliphatic rings. The van der Waals surface area contributed by atoms with E-state index >= 15 is 0 Å². The Morgan fingerprint density at radius 2 is 2.14 bits per heavy atom. The fraction of sp³-hybridized carbons (Fsp3) is 0.333. The number of amides is 1. The summed E-state index contributed by atoms with van der Waals surface area (Å²) >= 11 is 3.55. The average Bonchev–Trinajstić information content (AvgIpc) is 2.56. The van der Waals surface area contributed by atoms with Gasteiger partial charge in [-0.2, -0.15) is 0 Å². The lowest BCUT2D eigenvalue weighted by molar-refractivity contribution is -0.117. The van der Waals surface area contributed by atoms with Gasteiger partial charge in [0.05, 0.1) is 17.4 Å². The number of anilines is 1. The molecule has 0 unspecified atom stereocenters. The molecule has 0 bridgehead atoms. The number of benzene rings is 1. The van der Waals surface area contributed by atoms with Gasteiger partial charge in [-0.1, -0.05) is 34.0 Å². The number of nitrogens with zero attached hydrogens (tertiary/aromatic N) is 2. The SMILES string of the molecule is CN1C(=O)CC(C2CCC2)=Cc2c1cnc1ccc(Br)cc21. The average molecular weight is 357 g/mol. The molecule has 1 saturated carbocycles. The minimum atomic E-state index is 0.160. The molecule has 1 amide bonds. The van der Waals surface area contributed by atoms with E-state index in [1.54, 1.807) is 4.90 Å². The summed E-state index contributed by atoms with van der Waals surface area (Å²) in [7, 11) is 1.85. The van der Waals surface area contributed by atoms with Crippen LogP contribution >= 0.6 is 15.9 Å². The molecule has 4 heteroatoms. The Hall–Kier alpha value is -1.68. The van der Waals surface area contributed by atoms with Crippen LogP contribution in [0.4, 0.5) is 5.69 Å². The summed E-state index contributed by atoms with van der Waals surface area (Å²) in [6.07, 6.45) is 8.31. The second-order valence-electron chi connectivity index (χ2n) is 6.20. The highest BCUT2D eigenvalue weighted by molar-refractivity contribution is 9.10. The third kappa shape index (κ3) is 2.17. The Kier molecular flexibility index (Phi) is 3.30. The zero-order valence-electron chi connectivity index (χ0n) is 12.5. The molecule has 2 aromatic rings. The van der Waals surface area contributed by atoms with Gasteiger partial charge in [0.2, 0.25) is 5.91 Å². The van der Waals surface area contributed by atoms with Gasteiger partial charge in [-0.3, -0.25) is 9.78 Å². The van der Waals surface area contributed by atoms with Crippen LogP contribution in [-0.4, -0.2) is 17.9 Å². The smallest absolute Gasteiger partial charge is 0.230 e. The van der Waals surface area contributed by atoms with E-state index in [0.29, 0.717) is 12.3 Å². The highest BCUT2D eigenvalue weighted by Crippen LogP contribution is 2.40. The topological polar surface area (TPSA) is 33.2 Å². The van der Waals surface area contributed by atoms with E-state index in [1.165, 1.54) is 24.8 Å². The van der Waals surface area contributed by atoms with Gasteiger partial charge in [-0.15, -0.1) is 0 Å². The number of fused-ring (bicyclic) bond motifs is 3. The number of hydrogen-bond donors (Lipinski definition) is 0. The van der Waals surface area contributed by atoms with Gasteiger partial charge in [0.25, 0.3) is 0 Å². The molecule has 1 aliphatic heterocycles. The van der Waals surface area contributed by atoms with Crippen LogP contribution in [0.25, 0.3) is 17.0 Å². The van der Waals surface area contributed by atoms with Crippen molar-refractivity contribution in [1.29, 1.82) is 0 Å². The third-order valence-corrected chi connectivity index (χ3v) is 5.39. The van der Waals surface area contributed by atoms with Gasteiger partial charge >= 0.3 is 0 Å². The monoisotopic (exact) mass is 356 g/mol. The first-order chi connectivity index (χ1) is 10.6. The first-order valence-corrected chi connectivity index (χ1v) is 8.48. The fourth-order valence-electron chi connectivity index (χ4n) is 3.30. The lowest BCUT2D eigenvalue weighted by Crippen LogP contribution is -2.27. The Bertz CT molecular complexity index is 808.